The van der Waals surface area contributed by atoms with E-state index in [1.54, 1.807) is 25.6 Å². The highest BCUT2D eigenvalue weighted by Crippen LogP contribution is 2.26. The standard InChI is InChI=1S/C14H27N3O2S/c1-5-6-12-13(11-15-7-9-18-3)20-14(16-12)17(2)8-10-19-4/h15H,5-11H2,1-4H3. The summed E-state index contributed by atoms with van der Waals surface area (Å²) in [6.45, 7) is 6.26. The molecule has 1 heterocycles. The van der Waals surface area contributed by atoms with Gasteiger partial charge in [0.25, 0.3) is 0 Å². The van der Waals surface area contributed by atoms with E-state index in [9.17, 15) is 0 Å². The summed E-state index contributed by atoms with van der Waals surface area (Å²) < 4.78 is 10.2. The molecule has 1 N–H and O–H groups in total. The lowest BCUT2D eigenvalue weighted by Crippen LogP contribution is -2.21. The van der Waals surface area contributed by atoms with Gasteiger partial charge in [-0.3, -0.25) is 0 Å². The molecule has 1 aromatic heterocycles. The smallest absolute Gasteiger partial charge is 0.185 e. The van der Waals surface area contributed by atoms with Gasteiger partial charge in [0.2, 0.25) is 0 Å². The number of hydrogen-bond donors (Lipinski definition) is 1. The number of aryl methyl sites for hydroxylation is 1. The molecule has 20 heavy (non-hydrogen) atoms. The molecule has 0 radical (unpaired) electrons. The van der Waals surface area contributed by atoms with Gasteiger partial charge in [0.15, 0.2) is 5.13 Å². The largest absolute Gasteiger partial charge is 0.383 e. The summed E-state index contributed by atoms with van der Waals surface area (Å²) in [7, 11) is 5.51. The number of methoxy groups -OCH3 is 2. The summed E-state index contributed by atoms with van der Waals surface area (Å²) in [6, 6.07) is 0. The van der Waals surface area contributed by atoms with Gasteiger partial charge in [0.1, 0.15) is 0 Å². The molecular weight excluding hydrogens is 274 g/mol. The van der Waals surface area contributed by atoms with Crippen LogP contribution in [-0.2, 0) is 22.4 Å². The van der Waals surface area contributed by atoms with E-state index in [-0.39, 0.29) is 0 Å². The zero-order valence-electron chi connectivity index (χ0n) is 13.1. The second-order valence-electron chi connectivity index (χ2n) is 4.70. The Morgan fingerprint density at radius 3 is 2.65 bits per heavy atom. The fraction of sp³-hybridized carbons (Fsp3) is 0.786. The summed E-state index contributed by atoms with van der Waals surface area (Å²) in [5.74, 6) is 0. The first-order valence-electron chi connectivity index (χ1n) is 7.11. The molecule has 0 spiro atoms. The maximum absolute atomic E-state index is 5.12. The van der Waals surface area contributed by atoms with E-state index < -0.39 is 0 Å². The van der Waals surface area contributed by atoms with Crippen LogP contribution in [0.3, 0.4) is 0 Å². The summed E-state index contributed by atoms with van der Waals surface area (Å²) in [4.78, 5) is 8.26. The number of hydrogen-bond acceptors (Lipinski definition) is 6. The van der Waals surface area contributed by atoms with Gasteiger partial charge < -0.3 is 19.7 Å². The van der Waals surface area contributed by atoms with Crippen molar-refractivity contribution in [2.45, 2.75) is 26.3 Å². The summed E-state index contributed by atoms with van der Waals surface area (Å²) in [5.41, 5.74) is 1.22. The highest BCUT2D eigenvalue weighted by molar-refractivity contribution is 7.15. The molecule has 1 aromatic rings. The average Bonchev–Trinajstić information content (AvgIpc) is 2.85. The van der Waals surface area contributed by atoms with Crippen molar-refractivity contribution < 1.29 is 9.47 Å². The van der Waals surface area contributed by atoms with E-state index >= 15 is 0 Å². The first-order chi connectivity index (χ1) is 9.72. The quantitative estimate of drug-likeness (QED) is 0.633. The number of ether oxygens (including phenoxy) is 2. The van der Waals surface area contributed by atoms with Crippen LogP contribution < -0.4 is 10.2 Å². The van der Waals surface area contributed by atoms with Crippen LogP contribution in [0.2, 0.25) is 0 Å². The lowest BCUT2D eigenvalue weighted by atomic mass is 10.2. The van der Waals surface area contributed by atoms with E-state index in [2.05, 4.69) is 24.2 Å². The van der Waals surface area contributed by atoms with Crippen LogP contribution in [0.1, 0.15) is 23.9 Å². The van der Waals surface area contributed by atoms with Crippen LogP contribution in [0, 0.1) is 0 Å². The van der Waals surface area contributed by atoms with Crippen molar-refractivity contribution in [2.75, 3.05) is 52.5 Å². The lowest BCUT2D eigenvalue weighted by Gasteiger charge is -2.14. The van der Waals surface area contributed by atoms with Gasteiger partial charge in [-0.05, 0) is 6.42 Å². The van der Waals surface area contributed by atoms with Crippen molar-refractivity contribution in [1.29, 1.82) is 0 Å². The van der Waals surface area contributed by atoms with Crippen LogP contribution in [-0.4, -0.2) is 52.6 Å². The summed E-state index contributed by atoms with van der Waals surface area (Å²) in [5, 5.41) is 4.48. The molecule has 0 amide bonds. The monoisotopic (exact) mass is 301 g/mol. The number of nitrogens with one attached hydrogen (secondary N) is 1. The van der Waals surface area contributed by atoms with Gasteiger partial charge in [-0.25, -0.2) is 4.98 Å². The first kappa shape index (κ1) is 17.4. The van der Waals surface area contributed by atoms with Crippen molar-refractivity contribution >= 4 is 16.5 Å². The number of aromatic nitrogens is 1. The topological polar surface area (TPSA) is 46.6 Å². The molecular formula is C14H27N3O2S. The fourth-order valence-corrected chi connectivity index (χ4v) is 2.87. The van der Waals surface area contributed by atoms with Crippen LogP contribution in [0.4, 0.5) is 5.13 Å². The minimum Gasteiger partial charge on any atom is -0.383 e. The fourth-order valence-electron chi connectivity index (χ4n) is 1.80. The summed E-state index contributed by atoms with van der Waals surface area (Å²) in [6.07, 6.45) is 2.16. The van der Waals surface area contributed by atoms with Gasteiger partial charge in [0.05, 0.1) is 18.9 Å². The third kappa shape index (κ3) is 5.75. The predicted octanol–water partition coefficient (Wildman–Crippen LogP) is 1.91. The van der Waals surface area contributed by atoms with E-state index in [0.717, 1.165) is 50.8 Å². The van der Waals surface area contributed by atoms with Gasteiger partial charge >= 0.3 is 0 Å². The molecule has 0 aliphatic heterocycles. The summed E-state index contributed by atoms with van der Waals surface area (Å²) >= 11 is 1.77. The second-order valence-corrected chi connectivity index (χ2v) is 5.76. The van der Waals surface area contributed by atoms with E-state index in [1.165, 1.54) is 10.6 Å². The molecule has 116 valence electrons. The maximum Gasteiger partial charge on any atom is 0.185 e. The second kappa shape index (κ2) is 10.1. The molecule has 0 bridgehead atoms. The predicted molar refractivity (Wildman–Crippen MR) is 84.8 cm³/mol. The Bertz CT molecular complexity index is 371. The minimum atomic E-state index is 0.723. The molecule has 1 rings (SSSR count). The lowest BCUT2D eigenvalue weighted by molar-refractivity contribution is 0.199. The number of thiazole rings is 1. The SMILES string of the molecule is CCCc1nc(N(C)CCOC)sc1CNCCOC. The van der Waals surface area contributed by atoms with Crippen molar-refractivity contribution in [3.8, 4) is 0 Å². The third-order valence-electron chi connectivity index (χ3n) is 2.98. The number of rotatable bonds is 11. The number of anilines is 1. The number of nitrogens with zero attached hydrogens (tertiary/aromatic N) is 2. The van der Waals surface area contributed by atoms with Crippen molar-refractivity contribution in [3.63, 3.8) is 0 Å². The van der Waals surface area contributed by atoms with Crippen LogP contribution in [0.25, 0.3) is 0 Å². The van der Waals surface area contributed by atoms with Crippen molar-refractivity contribution in [1.82, 2.24) is 10.3 Å². The van der Waals surface area contributed by atoms with Crippen molar-refractivity contribution in [2.24, 2.45) is 0 Å². The van der Waals surface area contributed by atoms with E-state index in [1.807, 2.05) is 0 Å². The highest BCUT2D eigenvalue weighted by Gasteiger charge is 2.13. The molecule has 0 atom stereocenters. The average molecular weight is 301 g/mol. The minimum absolute atomic E-state index is 0.723. The zero-order chi connectivity index (χ0) is 14.8. The van der Waals surface area contributed by atoms with E-state index in [0.29, 0.717) is 0 Å². The van der Waals surface area contributed by atoms with E-state index in [4.69, 9.17) is 14.5 Å². The highest BCUT2D eigenvalue weighted by atomic mass is 32.1. The Balaban J connectivity index is 2.63. The van der Waals surface area contributed by atoms with Crippen LogP contribution in [0.15, 0.2) is 0 Å². The normalized spacial score (nSPS) is 11.0. The molecule has 0 aromatic carbocycles. The first-order valence-corrected chi connectivity index (χ1v) is 7.92. The molecule has 6 heteroatoms. The van der Waals surface area contributed by atoms with Gasteiger partial charge in [-0.1, -0.05) is 13.3 Å². The Kier molecular flexibility index (Phi) is 8.77. The van der Waals surface area contributed by atoms with Gasteiger partial charge in [-0.2, -0.15) is 0 Å². The number of likely N-dealkylation sites (N-methyl/N-ethyl adjacent to an activating group) is 1. The molecule has 0 saturated heterocycles. The Morgan fingerprint density at radius 1 is 1.25 bits per heavy atom. The van der Waals surface area contributed by atoms with Crippen LogP contribution in [0.5, 0.6) is 0 Å². The maximum atomic E-state index is 5.12. The Hall–Kier alpha value is -0.690. The third-order valence-corrected chi connectivity index (χ3v) is 4.19. The Morgan fingerprint density at radius 2 is 2.00 bits per heavy atom. The zero-order valence-corrected chi connectivity index (χ0v) is 13.9. The van der Waals surface area contributed by atoms with Crippen LogP contribution >= 0.6 is 11.3 Å². The molecule has 0 aliphatic rings. The Labute approximate surface area is 126 Å². The molecule has 0 fully saturated rings. The van der Waals surface area contributed by atoms with Crippen molar-refractivity contribution in [3.05, 3.63) is 10.6 Å². The molecule has 0 unspecified atom stereocenters. The molecule has 0 saturated carbocycles. The molecule has 5 nitrogen and oxygen atoms in total. The molecule has 0 aliphatic carbocycles. The van der Waals surface area contributed by atoms with Gasteiger partial charge in [-0.15, -0.1) is 11.3 Å². The van der Waals surface area contributed by atoms with Gasteiger partial charge in [0, 0.05) is 45.8 Å².